The number of hydrogen-bond acceptors (Lipinski definition) is 2. The fourth-order valence-corrected chi connectivity index (χ4v) is 1.69. The van der Waals surface area contributed by atoms with Crippen molar-refractivity contribution in [3.8, 4) is 0 Å². The molecule has 1 aliphatic heterocycles. The van der Waals surface area contributed by atoms with Gasteiger partial charge in [0.05, 0.1) is 13.5 Å². The lowest BCUT2D eigenvalue weighted by molar-refractivity contribution is -1.14. The summed E-state index contributed by atoms with van der Waals surface area (Å²) in [4.78, 5) is 4.03. The molecule has 3 nitrogen and oxygen atoms in total. The molecular weight excluding hydrogens is 152 g/mol. The smallest absolute Gasteiger partial charge is 0.151 e. The molecule has 0 aromatic carbocycles. The van der Waals surface area contributed by atoms with Crippen molar-refractivity contribution in [2.24, 2.45) is 0 Å². The molecule has 2 unspecified atom stereocenters. The van der Waals surface area contributed by atoms with Crippen LogP contribution < -0.4 is 0 Å². The lowest BCUT2D eigenvalue weighted by atomic mass is 9.96. The first-order chi connectivity index (χ1) is 5.70. The van der Waals surface area contributed by atoms with Crippen LogP contribution in [0.4, 0.5) is 0 Å². The molecule has 1 aromatic rings. The third-order valence-corrected chi connectivity index (χ3v) is 2.60. The van der Waals surface area contributed by atoms with Crippen molar-refractivity contribution in [2.75, 3.05) is 13.6 Å². The van der Waals surface area contributed by atoms with Gasteiger partial charge in [0.1, 0.15) is 6.54 Å². The summed E-state index contributed by atoms with van der Waals surface area (Å²) in [5, 5.41) is 9.74. The summed E-state index contributed by atoms with van der Waals surface area (Å²) in [5.41, 5.74) is 1.13. The maximum atomic E-state index is 9.74. The minimum atomic E-state index is 0.117. The van der Waals surface area contributed by atoms with Gasteiger partial charge in [-0.3, -0.25) is 4.98 Å². The molecule has 2 rings (SSSR count). The minimum absolute atomic E-state index is 0.117. The first-order valence-electron chi connectivity index (χ1n) is 4.18. The fraction of sp³-hybridized carbons (Fsp3) is 0.444. The van der Waals surface area contributed by atoms with E-state index in [0.717, 1.165) is 18.5 Å². The van der Waals surface area contributed by atoms with E-state index in [1.807, 2.05) is 25.4 Å². The van der Waals surface area contributed by atoms with Crippen LogP contribution in [0.25, 0.3) is 0 Å². The molecule has 1 aliphatic rings. The second-order valence-electron chi connectivity index (χ2n) is 3.53. The number of quaternary nitrogens is 1. The summed E-state index contributed by atoms with van der Waals surface area (Å²) in [6.45, 7) is 0.847. The number of hydrogen-bond donors (Lipinski definition) is 1. The zero-order valence-corrected chi connectivity index (χ0v) is 7.14. The lowest BCUT2D eigenvalue weighted by Crippen LogP contribution is -2.54. The maximum Gasteiger partial charge on any atom is 0.151 e. The van der Waals surface area contributed by atoms with Gasteiger partial charge in [0.15, 0.2) is 6.04 Å². The van der Waals surface area contributed by atoms with E-state index in [4.69, 9.17) is 0 Å². The Morgan fingerprint density at radius 3 is 2.92 bits per heavy atom. The first kappa shape index (κ1) is 7.71. The zero-order chi connectivity index (χ0) is 8.60. The van der Waals surface area contributed by atoms with Crippen molar-refractivity contribution < 1.29 is 9.85 Å². The van der Waals surface area contributed by atoms with Crippen LogP contribution >= 0.6 is 0 Å². The largest absolute Gasteiger partial charge is 0.264 e. The minimum Gasteiger partial charge on any atom is -0.264 e. The molecule has 0 aliphatic carbocycles. The molecule has 64 valence electrons. The van der Waals surface area contributed by atoms with Crippen LogP contribution in [0.1, 0.15) is 18.0 Å². The van der Waals surface area contributed by atoms with Crippen LogP contribution in [0, 0.1) is 0 Å². The highest BCUT2D eigenvalue weighted by molar-refractivity contribution is 5.13. The highest BCUT2D eigenvalue weighted by atomic mass is 16.5. The summed E-state index contributed by atoms with van der Waals surface area (Å²) in [6, 6.07) is 4.16. The van der Waals surface area contributed by atoms with Crippen molar-refractivity contribution in [2.45, 2.75) is 12.5 Å². The van der Waals surface area contributed by atoms with Crippen molar-refractivity contribution in [1.82, 2.24) is 4.98 Å². The van der Waals surface area contributed by atoms with Gasteiger partial charge < -0.3 is 0 Å². The Hall–Kier alpha value is -0.930. The summed E-state index contributed by atoms with van der Waals surface area (Å²) in [6.07, 6.45) is 4.64. The van der Waals surface area contributed by atoms with Gasteiger partial charge in [-0.1, -0.05) is 0 Å². The molecular formula is C9H13N2O+. The highest BCUT2D eigenvalue weighted by Gasteiger charge is 2.43. The Morgan fingerprint density at radius 1 is 1.67 bits per heavy atom. The van der Waals surface area contributed by atoms with Crippen molar-refractivity contribution in [3.05, 3.63) is 30.1 Å². The van der Waals surface area contributed by atoms with Gasteiger partial charge in [-0.15, -0.1) is 0 Å². The molecule has 3 heteroatoms. The molecule has 0 spiro atoms. The van der Waals surface area contributed by atoms with E-state index in [2.05, 4.69) is 4.98 Å². The van der Waals surface area contributed by atoms with Gasteiger partial charge in [0, 0.05) is 18.0 Å². The molecule has 0 saturated carbocycles. The van der Waals surface area contributed by atoms with E-state index in [9.17, 15) is 5.21 Å². The second-order valence-corrected chi connectivity index (χ2v) is 3.53. The molecule has 12 heavy (non-hydrogen) atoms. The van der Waals surface area contributed by atoms with Gasteiger partial charge >= 0.3 is 0 Å². The summed E-state index contributed by atoms with van der Waals surface area (Å²) in [5.74, 6) is 0. The van der Waals surface area contributed by atoms with Crippen LogP contribution in [0.2, 0.25) is 0 Å². The normalized spacial score (nSPS) is 34.3. The summed E-state index contributed by atoms with van der Waals surface area (Å²) < 4.78 is 0.117. The number of rotatable bonds is 1. The van der Waals surface area contributed by atoms with E-state index in [1.54, 1.807) is 6.20 Å². The molecule has 2 atom stereocenters. The van der Waals surface area contributed by atoms with Crippen LogP contribution in [-0.4, -0.2) is 28.4 Å². The number of likely N-dealkylation sites (tertiary alicyclic amines) is 1. The van der Waals surface area contributed by atoms with Crippen LogP contribution in [0.15, 0.2) is 24.5 Å². The van der Waals surface area contributed by atoms with E-state index >= 15 is 0 Å². The van der Waals surface area contributed by atoms with Gasteiger partial charge in [-0.2, -0.15) is 4.65 Å². The monoisotopic (exact) mass is 165 g/mol. The standard InChI is InChI=1S/C9H13N2O/c1-11(12)6-4-9(11)8-3-2-5-10-7-8/h2-3,5,7,9,12H,4,6H2,1H3/q+1. The lowest BCUT2D eigenvalue weighted by Gasteiger charge is -2.42. The average Bonchev–Trinajstić information content (AvgIpc) is 2.05. The third kappa shape index (κ3) is 1.11. The Balaban J connectivity index is 2.22. The topological polar surface area (TPSA) is 33.1 Å². The molecule has 1 saturated heterocycles. The van der Waals surface area contributed by atoms with Crippen molar-refractivity contribution in [3.63, 3.8) is 0 Å². The van der Waals surface area contributed by atoms with Gasteiger partial charge in [-0.05, 0) is 12.1 Å². The van der Waals surface area contributed by atoms with E-state index in [0.29, 0.717) is 0 Å². The summed E-state index contributed by atoms with van der Waals surface area (Å²) in [7, 11) is 1.83. The number of pyridine rings is 1. The maximum absolute atomic E-state index is 9.74. The number of hydroxylamine groups is 3. The molecule has 1 aromatic heterocycles. The Morgan fingerprint density at radius 2 is 2.50 bits per heavy atom. The van der Waals surface area contributed by atoms with Crippen molar-refractivity contribution >= 4 is 0 Å². The third-order valence-electron chi connectivity index (χ3n) is 2.60. The predicted octanol–water partition coefficient (Wildman–Crippen LogP) is 1.36. The molecule has 0 amide bonds. The van der Waals surface area contributed by atoms with Crippen LogP contribution in [0.5, 0.6) is 0 Å². The fourth-order valence-electron chi connectivity index (χ4n) is 1.69. The quantitative estimate of drug-likeness (QED) is 0.637. The SMILES string of the molecule is C[N+]1(O)CCC1c1cccnc1. The molecule has 2 heterocycles. The van der Waals surface area contributed by atoms with Crippen LogP contribution in [0.3, 0.4) is 0 Å². The summed E-state index contributed by atoms with van der Waals surface area (Å²) >= 11 is 0. The average molecular weight is 165 g/mol. The Bertz CT molecular complexity index is 271. The van der Waals surface area contributed by atoms with E-state index in [1.165, 1.54) is 0 Å². The first-order valence-corrected chi connectivity index (χ1v) is 4.18. The van der Waals surface area contributed by atoms with Gasteiger partial charge in [-0.25, -0.2) is 5.21 Å². The second kappa shape index (κ2) is 2.54. The zero-order valence-electron chi connectivity index (χ0n) is 7.14. The van der Waals surface area contributed by atoms with Gasteiger partial charge in [0.2, 0.25) is 0 Å². The molecule has 0 bridgehead atoms. The van der Waals surface area contributed by atoms with Gasteiger partial charge in [0.25, 0.3) is 0 Å². The van der Waals surface area contributed by atoms with E-state index in [-0.39, 0.29) is 10.7 Å². The van der Waals surface area contributed by atoms with Crippen LogP contribution in [-0.2, 0) is 0 Å². The molecule has 1 fully saturated rings. The van der Waals surface area contributed by atoms with Crippen molar-refractivity contribution in [1.29, 1.82) is 0 Å². The highest BCUT2D eigenvalue weighted by Crippen LogP contribution is 2.36. The Kier molecular flexibility index (Phi) is 1.63. The number of nitrogens with zero attached hydrogens (tertiary/aromatic N) is 2. The molecule has 1 N–H and O–H groups in total. The Labute approximate surface area is 71.8 Å². The number of aromatic nitrogens is 1. The van der Waals surface area contributed by atoms with E-state index < -0.39 is 0 Å². The predicted molar refractivity (Wildman–Crippen MR) is 44.4 cm³/mol. The molecule has 0 radical (unpaired) electrons.